The molecule has 0 aromatic heterocycles. The molecule has 12 nitrogen and oxygen atoms in total. The lowest BCUT2D eigenvalue weighted by molar-refractivity contribution is -0.384. The number of hydrogen-bond acceptors (Lipinski definition) is 7. The molecule has 6 N–H and O–H groups in total. The van der Waals surface area contributed by atoms with Crippen LogP contribution >= 0.6 is 0 Å². The Morgan fingerprint density at radius 3 is 1.44 bits per heavy atom. The highest BCUT2D eigenvalue weighted by atomic mass is 16.6. The Morgan fingerprint density at radius 2 is 0.952 bits per heavy atom. The van der Waals surface area contributed by atoms with Crippen molar-refractivity contribution in [3.8, 4) is 0 Å². The minimum atomic E-state index is -0.547. The molecule has 2 saturated carbocycles. The summed E-state index contributed by atoms with van der Waals surface area (Å²) in [6.45, 7) is 1.18. The van der Waals surface area contributed by atoms with E-state index in [0.29, 0.717) is 53.0 Å². The van der Waals surface area contributed by atoms with Gasteiger partial charge in [0.1, 0.15) is 0 Å². The SMILES string of the molecule is Nc1ccc(NC(=O)c2cccc3ccccc23)c(C(=O)NCC2CCCCC2)c1.O=C(NCC1CCCCC1)c1cc([N+](=O)[O-])ccc1NC(=O)c1cccc2ccccc12. The number of amides is 4. The van der Waals surface area contributed by atoms with Gasteiger partial charge in [-0.1, -0.05) is 111 Å². The molecule has 2 fully saturated rings. The summed E-state index contributed by atoms with van der Waals surface area (Å²) < 4.78 is 0. The Hall–Kier alpha value is -7.08. The number of carbonyl (C=O) groups is 4. The Kier molecular flexibility index (Phi) is 14.2. The first-order chi connectivity index (χ1) is 30.1. The monoisotopic (exact) mass is 832 g/mol. The molecule has 0 saturated heterocycles. The van der Waals surface area contributed by atoms with Gasteiger partial charge >= 0.3 is 0 Å². The van der Waals surface area contributed by atoms with Crippen molar-refractivity contribution < 1.29 is 24.1 Å². The van der Waals surface area contributed by atoms with Gasteiger partial charge in [-0.2, -0.15) is 0 Å². The number of carbonyl (C=O) groups excluding carboxylic acids is 4. The van der Waals surface area contributed by atoms with E-state index in [9.17, 15) is 29.3 Å². The molecule has 2 aliphatic rings. The van der Waals surface area contributed by atoms with Crippen LogP contribution < -0.4 is 27.0 Å². The number of hydrogen-bond donors (Lipinski definition) is 5. The third-order valence-electron chi connectivity index (χ3n) is 11.9. The number of anilines is 3. The lowest BCUT2D eigenvalue weighted by Gasteiger charge is -2.22. The summed E-state index contributed by atoms with van der Waals surface area (Å²) in [5, 5.41) is 26.5. The van der Waals surface area contributed by atoms with Crippen molar-refractivity contribution in [2.75, 3.05) is 29.5 Å². The fraction of sp³-hybridized carbons (Fsp3) is 0.280. The normalized spacial score (nSPS) is 14.3. The highest BCUT2D eigenvalue weighted by molar-refractivity contribution is 6.16. The molecule has 0 radical (unpaired) electrons. The van der Waals surface area contributed by atoms with Gasteiger partial charge in [-0.3, -0.25) is 29.3 Å². The average Bonchev–Trinajstić information content (AvgIpc) is 3.31. The van der Waals surface area contributed by atoms with Gasteiger partial charge in [0, 0.05) is 42.0 Å². The smallest absolute Gasteiger partial charge is 0.270 e. The van der Waals surface area contributed by atoms with Crippen molar-refractivity contribution in [1.82, 2.24) is 10.6 Å². The van der Waals surface area contributed by atoms with Gasteiger partial charge in [0.05, 0.1) is 27.4 Å². The third kappa shape index (κ3) is 10.8. The van der Waals surface area contributed by atoms with Crippen molar-refractivity contribution in [2.45, 2.75) is 64.2 Å². The van der Waals surface area contributed by atoms with Crippen molar-refractivity contribution in [2.24, 2.45) is 11.8 Å². The second-order valence-electron chi connectivity index (χ2n) is 16.2. The predicted octanol–water partition coefficient (Wildman–Crippen LogP) is 10.3. The van der Waals surface area contributed by atoms with E-state index >= 15 is 0 Å². The maximum Gasteiger partial charge on any atom is 0.270 e. The molecular formula is C50H52N6O6. The van der Waals surface area contributed by atoms with E-state index < -0.39 is 10.8 Å². The fourth-order valence-corrected chi connectivity index (χ4v) is 8.47. The van der Waals surface area contributed by atoms with Crippen molar-refractivity contribution in [1.29, 1.82) is 0 Å². The number of nitro groups is 1. The molecule has 6 aromatic rings. The number of fused-ring (bicyclic) bond motifs is 2. The number of nitrogens with two attached hydrogens (primary N) is 1. The molecule has 0 atom stereocenters. The fourth-order valence-electron chi connectivity index (χ4n) is 8.47. The molecule has 8 rings (SSSR count). The zero-order valence-electron chi connectivity index (χ0n) is 34.7. The summed E-state index contributed by atoms with van der Waals surface area (Å²) in [6, 6.07) is 35.2. The predicted molar refractivity (Wildman–Crippen MR) is 246 cm³/mol. The Bertz CT molecular complexity index is 2590. The van der Waals surface area contributed by atoms with E-state index in [2.05, 4.69) is 21.3 Å². The van der Waals surface area contributed by atoms with Crippen LogP contribution in [0.15, 0.2) is 121 Å². The highest BCUT2D eigenvalue weighted by Crippen LogP contribution is 2.28. The van der Waals surface area contributed by atoms with E-state index in [1.165, 1.54) is 43.9 Å². The van der Waals surface area contributed by atoms with Gasteiger partial charge < -0.3 is 27.0 Å². The number of non-ortho nitro benzene ring substituents is 1. The first-order valence-corrected chi connectivity index (χ1v) is 21.5. The van der Waals surface area contributed by atoms with Crippen molar-refractivity contribution in [3.63, 3.8) is 0 Å². The second kappa shape index (κ2) is 20.5. The molecule has 0 bridgehead atoms. The first-order valence-electron chi connectivity index (χ1n) is 21.5. The van der Waals surface area contributed by atoms with E-state index in [-0.39, 0.29) is 34.7 Å². The molecular weight excluding hydrogens is 781 g/mol. The minimum Gasteiger partial charge on any atom is -0.399 e. The molecule has 0 heterocycles. The summed E-state index contributed by atoms with van der Waals surface area (Å²) in [5.74, 6) is -0.318. The molecule has 12 heteroatoms. The zero-order chi connectivity index (χ0) is 43.4. The van der Waals surface area contributed by atoms with Gasteiger partial charge in [-0.25, -0.2) is 0 Å². The standard InChI is InChI=1S/C25H25N3O4.C25H27N3O2/c29-24(26-16-17-7-2-1-3-8-17)22-15-19(28(31)32)13-14-23(22)27-25(30)21-12-6-10-18-9-4-5-11-20(18)21;26-19-13-14-23(22(15-19)24(29)27-16-17-7-2-1-3-8-17)28-25(30)21-12-6-10-18-9-4-5-11-20(18)21/h4-6,9-15,17H,1-3,7-8,16H2,(H,26,29)(H,27,30);4-6,9-15,17H,1-3,7-8,16,26H2,(H,27,29)(H,28,30). The lowest BCUT2D eigenvalue weighted by atomic mass is 9.89. The topological polar surface area (TPSA) is 186 Å². The van der Waals surface area contributed by atoms with Crippen LogP contribution in [0.2, 0.25) is 0 Å². The molecule has 0 spiro atoms. The molecule has 318 valence electrons. The maximum atomic E-state index is 13.1. The highest BCUT2D eigenvalue weighted by Gasteiger charge is 2.22. The number of nitrogens with one attached hydrogen (secondary N) is 4. The van der Waals surface area contributed by atoms with Gasteiger partial charge in [0.25, 0.3) is 29.3 Å². The van der Waals surface area contributed by atoms with E-state index in [4.69, 9.17) is 5.73 Å². The summed E-state index contributed by atoms with van der Waals surface area (Å²) >= 11 is 0. The van der Waals surface area contributed by atoms with Gasteiger partial charge in [-0.15, -0.1) is 0 Å². The van der Waals surface area contributed by atoms with Crippen LogP contribution in [-0.4, -0.2) is 41.6 Å². The van der Waals surface area contributed by atoms with Crippen molar-refractivity contribution in [3.05, 3.63) is 154 Å². The summed E-state index contributed by atoms with van der Waals surface area (Å²) in [7, 11) is 0. The minimum absolute atomic E-state index is 0.0867. The van der Waals surface area contributed by atoms with Crippen LogP contribution in [0.4, 0.5) is 22.7 Å². The number of nitro benzene ring substituents is 1. The van der Waals surface area contributed by atoms with Gasteiger partial charge in [0.2, 0.25) is 0 Å². The van der Waals surface area contributed by atoms with Gasteiger partial charge in [0.15, 0.2) is 0 Å². The van der Waals surface area contributed by atoms with Crippen LogP contribution in [0.1, 0.15) is 106 Å². The molecule has 2 aliphatic carbocycles. The van der Waals surface area contributed by atoms with Crippen molar-refractivity contribution >= 4 is 67.9 Å². The van der Waals surface area contributed by atoms with E-state index in [1.54, 1.807) is 36.4 Å². The maximum absolute atomic E-state index is 13.1. The Labute approximate surface area is 360 Å². The number of nitrogens with zero attached hydrogens (tertiary/aromatic N) is 1. The van der Waals surface area contributed by atoms with Crippen LogP contribution in [0.5, 0.6) is 0 Å². The van der Waals surface area contributed by atoms with Crippen LogP contribution in [0, 0.1) is 22.0 Å². The number of rotatable bonds is 11. The van der Waals surface area contributed by atoms with Crippen LogP contribution in [-0.2, 0) is 0 Å². The zero-order valence-corrected chi connectivity index (χ0v) is 34.7. The summed E-state index contributed by atoms with van der Waals surface area (Å²) in [6.07, 6.45) is 11.7. The third-order valence-corrected chi connectivity index (χ3v) is 11.9. The first kappa shape index (κ1) is 43.0. The lowest BCUT2D eigenvalue weighted by Crippen LogP contribution is -2.31. The average molecular weight is 833 g/mol. The number of nitrogen functional groups attached to an aromatic ring is 1. The summed E-state index contributed by atoms with van der Waals surface area (Å²) in [4.78, 5) is 62.6. The number of benzene rings is 6. The van der Waals surface area contributed by atoms with Crippen LogP contribution in [0.3, 0.4) is 0 Å². The molecule has 0 unspecified atom stereocenters. The second-order valence-corrected chi connectivity index (χ2v) is 16.2. The van der Waals surface area contributed by atoms with E-state index in [1.807, 2.05) is 66.7 Å². The quantitative estimate of drug-likeness (QED) is 0.0488. The Balaban J connectivity index is 0.000000187. The largest absolute Gasteiger partial charge is 0.399 e. The molecule has 6 aromatic carbocycles. The molecule has 62 heavy (non-hydrogen) atoms. The molecule has 4 amide bonds. The van der Waals surface area contributed by atoms with Gasteiger partial charge in [-0.05, 0) is 95.5 Å². The molecule has 0 aliphatic heterocycles. The Morgan fingerprint density at radius 1 is 0.516 bits per heavy atom. The summed E-state index contributed by atoms with van der Waals surface area (Å²) in [5.41, 5.74) is 8.43. The van der Waals surface area contributed by atoms with E-state index in [0.717, 1.165) is 60.1 Å². The van der Waals surface area contributed by atoms with Crippen LogP contribution in [0.25, 0.3) is 21.5 Å².